The van der Waals surface area contributed by atoms with Gasteiger partial charge in [-0.1, -0.05) is 109 Å². The number of carbonyl (C=O) groups is 3. The van der Waals surface area contributed by atoms with Crippen LogP contribution in [0.3, 0.4) is 0 Å². The van der Waals surface area contributed by atoms with Crippen LogP contribution in [0.5, 0.6) is 0 Å². The molecule has 3 aliphatic heterocycles. The Morgan fingerprint density at radius 1 is 0.699 bits per heavy atom. The summed E-state index contributed by atoms with van der Waals surface area (Å²) in [5.74, 6) is -6.12. The largest absolute Gasteiger partial charge is 0.477 e. The summed E-state index contributed by atoms with van der Waals surface area (Å²) in [4.78, 5) is 38.1. The number of allylic oxidation sites excluding steroid dienone is 2. The van der Waals surface area contributed by atoms with Crippen LogP contribution in [-0.2, 0) is 42.8 Å². The summed E-state index contributed by atoms with van der Waals surface area (Å²) < 4.78 is 34.5. The number of nitrogens with one attached hydrogen (secondary N) is 2. The lowest BCUT2D eigenvalue weighted by Crippen LogP contribution is -2.70. The quantitative estimate of drug-likeness (QED) is 0.0282. The highest BCUT2D eigenvalue weighted by Gasteiger charge is 2.60. The number of aliphatic hydroxyl groups is 11. The van der Waals surface area contributed by atoms with Crippen LogP contribution in [0.4, 0.5) is 0 Å². The van der Waals surface area contributed by atoms with Crippen LogP contribution in [0, 0.1) is 0 Å². The Labute approximate surface area is 429 Å². The fourth-order valence-electron chi connectivity index (χ4n) is 9.34. The van der Waals surface area contributed by atoms with E-state index in [1.165, 1.54) is 25.7 Å². The van der Waals surface area contributed by atoms with Gasteiger partial charge >= 0.3 is 5.97 Å². The van der Waals surface area contributed by atoms with Gasteiger partial charge in [0.15, 0.2) is 12.6 Å². The first-order valence-corrected chi connectivity index (χ1v) is 26.5. The zero-order valence-electron chi connectivity index (χ0n) is 43.0. The Morgan fingerprint density at radius 2 is 1.29 bits per heavy atom. The number of unbranched alkanes of at least 4 members (excludes halogenated alkanes) is 14. The molecule has 14 N–H and O–H groups in total. The maximum absolute atomic E-state index is 13.2. The van der Waals surface area contributed by atoms with Crippen molar-refractivity contribution in [3.63, 3.8) is 0 Å². The second kappa shape index (κ2) is 34.3. The molecule has 0 aromatic rings. The molecule has 0 radical (unpaired) electrons. The second-order valence-corrected chi connectivity index (χ2v) is 19.7. The van der Waals surface area contributed by atoms with Crippen LogP contribution in [0.2, 0.25) is 0 Å². The first-order valence-electron chi connectivity index (χ1n) is 26.5. The monoisotopic (exact) mass is 1050 g/mol. The summed E-state index contributed by atoms with van der Waals surface area (Å²) >= 11 is 0. The zero-order chi connectivity index (χ0) is 54.1. The molecule has 3 rings (SSSR count). The van der Waals surface area contributed by atoms with Gasteiger partial charge in [-0.05, 0) is 32.1 Å². The molecule has 426 valence electrons. The molecule has 18 unspecified atom stereocenters. The minimum Gasteiger partial charge on any atom is -0.477 e. The number of aliphatic hydroxyl groups excluding tert-OH is 11. The van der Waals surface area contributed by atoms with Crippen LogP contribution < -0.4 is 10.6 Å². The van der Waals surface area contributed by atoms with Gasteiger partial charge in [-0.15, -0.1) is 0 Å². The van der Waals surface area contributed by atoms with E-state index in [0.717, 1.165) is 77.6 Å². The van der Waals surface area contributed by atoms with Gasteiger partial charge in [-0.25, -0.2) is 4.79 Å². The molecule has 0 spiro atoms. The predicted molar refractivity (Wildman–Crippen MR) is 260 cm³/mol. The lowest BCUT2D eigenvalue weighted by Gasteiger charge is -2.50. The van der Waals surface area contributed by atoms with E-state index in [2.05, 4.69) is 36.6 Å². The van der Waals surface area contributed by atoms with Gasteiger partial charge in [-0.3, -0.25) is 9.59 Å². The molecule has 2 amide bonds. The SMILES string of the molecule is CCCC/C=C\CCCCCCC(=O)NC(COC1OC(CO)C(OC2OC(CO)C(O)C(OC3(C(=O)O)CC(O)C(NC(C)=O)C(C(O)C(O)CO)O3)C2O)C(O)C1O)C(O)CCCCCCCCCCC. The van der Waals surface area contributed by atoms with Crippen LogP contribution in [-0.4, -0.2) is 215 Å². The number of carboxylic acid groups (broad SMARTS) is 1. The molecule has 3 heterocycles. The van der Waals surface area contributed by atoms with E-state index in [1.807, 2.05) is 0 Å². The van der Waals surface area contributed by atoms with E-state index < -0.39 is 148 Å². The van der Waals surface area contributed by atoms with Crippen molar-refractivity contribution >= 4 is 17.8 Å². The van der Waals surface area contributed by atoms with Gasteiger partial charge in [0.25, 0.3) is 5.79 Å². The number of ether oxygens (including phenoxy) is 6. The van der Waals surface area contributed by atoms with E-state index in [0.29, 0.717) is 19.3 Å². The summed E-state index contributed by atoms with van der Waals surface area (Å²) in [6.45, 7) is 2.03. The average molecular weight is 1060 g/mol. The normalized spacial score (nSPS) is 32.5. The van der Waals surface area contributed by atoms with Crippen molar-refractivity contribution in [3.05, 3.63) is 12.2 Å². The van der Waals surface area contributed by atoms with Gasteiger partial charge in [-0.2, -0.15) is 0 Å². The van der Waals surface area contributed by atoms with Crippen molar-refractivity contribution in [1.82, 2.24) is 10.6 Å². The third-order valence-corrected chi connectivity index (χ3v) is 13.7. The third kappa shape index (κ3) is 20.4. The molecule has 18 atom stereocenters. The first-order chi connectivity index (χ1) is 34.9. The number of aliphatic carboxylic acids is 1. The minimum atomic E-state index is -3.07. The summed E-state index contributed by atoms with van der Waals surface area (Å²) in [5, 5.41) is 135. The zero-order valence-corrected chi connectivity index (χ0v) is 43.0. The van der Waals surface area contributed by atoms with Crippen molar-refractivity contribution in [3.8, 4) is 0 Å². The van der Waals surface area contributed by atoms with Gasteiger partial charge in [0.1, 0.15) is 67.1 Å². The van der Waals surface area contributed by atoms with Gasteiger partial charge in [0, 0.05) is 19.8 Å². The fraction of sp³-hybridized carbons (Fsp3) is 0.900. The third-order valence-electron chi connectivity index (χ3n) is 13.7. The molecule has 23 nitrogen and oxygen atoms in total. The Kier molecular flexibility index (Phi) is 30.4. The summed E-state index contributed by atoms with van der Waals surface area (Å²) in [7, 11) is 0. The summed E-state index contributed by atoms with van der Waals surface area (Å²) in [5.41, 5.74) is 0. The van der Waals surface area contributed by atoms with Crippen molar-refractivity contribution in [1.29, 1.82) is 0 Å². The van der Waals surface area contributed by atoms with Crippen molar-refractivity contribution in [2.45, 2.75) is 259 Å². The number of carboxylic acids is 1. The topological polar surface area (TPSA) is 373 Å². The van der Waals surface area contributed by atoms with Crippen molar-refractivity contribution in [2.24, 2.45) is 0 Å². The average Bonchev–Trinajstić information content (AvgIpc) is 3.36. The Morgan fingerprint density at radius 3 is 1.89 bits per heavy atom. The molecule has 3 saturated heterocycles. The number of amides is 2. The highest BCUT2D eigenvalue weighted by atomic mass is 16.8. The van der Waals surface area contributed by atoms with Crippen LogP contribution in [0.25, 0.3) is 0 Å². The molecule has 23 heteroatoms. The Hall–Kier alpha value is -2.53. The van der Waals surface area contributed by atoms with Gasteiger partial charge in [0.2, 0.25) is 11.8 Å². The minimum absolute atomic E-state index is 0.208. The molecule has 0 aromatic carbocycles. The number of carbonyl (C=O) groups excluding carboxylic acids is 2. The van der Waals surface area contributed by atoms with Crippen LogP contribution in [0.1, 0.15) is 149 Å². The van der Waals surface area contributed by atoms with E-state index in [4.69, 9.17) is 28.4 Å². The number of hydrogen-bond donors (Lipinski definition) is 14. The maximum Gasteiger partial charge on any atom is 0.364 e. The van der Waals surface area contributed by atoms with Crippen molar-refractivity contribution in [2.75, 3.05) is 26.4 Å². The van der Waals surface area contributed by atoms with Gasteiger partial charge in [0.05, 0.1) is 50.7 Å². The molecule has 3 fully saturated rings. The van der Waals surface area contributed by atoms with Crippen LogP contribution >= 0.6 is 0 Å². The Balaban J connectivity index is 1.73. The molecule has 3 aliphatic rings. The van der Waals surface area contributed by atoms with Crippen LogP contribution in [0.15, 0.2) is 12.2 Å². The standard InChI is InChI=1S/C50H90N2O21/c1-4-6-8-10-12-14-16-18-20-22-24-37(60)52-31(32(57)23-21-19-17-15-13-11-9-7-5-2)29-68-47-42(64)41(63)44(36(28-55)70-47)71-48-43(65)46(40(62)35(27-54)69-48)73-50(49(66)67)25-33(58)38(51-30(3)56)45(72-50)39(61)34(59)26-53/h10,12,31-36,38-48,53-55,57-59,61-65H,4-9,11,13-29H2,1-3H3,(H,51,56)(H,52,60)(H,66,67)/b12-10-. The number of rotatable bonds is 36. The smallest absolute Gasteiger partial charge is 0.364 e. The highest BCUT2D eigenvalue weighted by molar-refractivity contribution is 5.77. The van der Waals surface area contributed by atoms with Crippen molar-refractivity contribution < 1.29 is 104 Å². The molecule has 0 aromatic heterocycles. The van der Waals surface area contributed by atoms with E-state index >= 15 is 0 Å². The molecule has 0 saturated carbocycles. The molecule has 0 aliphatic carbocycles. The first kappa shape index (κ1) is 64.8. The predicted octanol–water partition coefficient (Wildman–Crippen LogP) is -0.345. The molecular weight excluding hydrogens is 965 g/mol. The second-order valence-electron chi connectivity index (χ2n) is 19.7. The fourth-order valence-corrected chi connectivity index (χ4v) is 9.34. The summed E-state index contributed by atoms with van der Waals surface area (Å²) in [6.07, 6.45) is -6.92. The Bertz CT molecular complexity index is 1580. The highest BCUT2D eigenvalue weighted by Crippen LogP contribution is 2.38. The van der Waals surface area contributed by atoms with Gasteiger partial charge < -0.3 is 100 Å². The maximum atomic E-state index is 13.2. The molecule has 0 bridgehead atoms. The van der Waals surface area contributed by atoms with E-state index in [9.17, 15) is 75.7 Å². The molecular formula is C50H90N2O21. The lowest BCUT2D eigenvalue weighted by atomic mass is 9.88. The lowest BCUT2D eigenvalue weighted by molar-refractivity contribution is -0.386. The number of hydrogen-bond acceptors (Lipinski definition) is 20. The molecule has 73 heavy (non-hydrogen) atoms. The van der Waals surface area contributed by atoms with E-state index in [1.54, 1.807) is 0 Å². The van der Waals surface area contributed by atoms with E-state index in [-0.39, 0.29) is 18.9 Å². The summed E-state index contributed by atoms with van der Waals surface area (Å²) in [6, 6.07) is -2.53.